The summed E-state index contributed by atoms with van der Waals surface area (Å²) in [6.07, 6.45) is 4.67. The maximum atomic E-state index is 12.7. The molecule has 1 saturated heterocycles. The van der Waals surface area contributed by atoms with Crippen molar-refractivity contribution in [2.45, 2.75) is 57.0 Å². The highest BCUT2D eigenvalue weighted by Gasteiger charge is 2.43. The summed E-state index contributed by atoms with van der Waals surface area (Å²) in [5, 5.41) is 12.5. The van der Waals surface area contributed by atoms with E-state index in [9.17, 15) is 19.5 Å². The number of carbonyl (C=O) groups is 3. The van der Waals surface area contributed by atoms with Crippen molar-refractivity contribution >= 4 is 17.8 Å². The Morgan fingerprint density at radius 2 is 1.77 bits per heavy atom. The molecule has 2 fully saturated rings. The van der Waals surface area contributed by atoms with Crippen molar-refractivity contribution in [1.29, 1.82) is 0 Å². The average molecular weight is 358 g/mol. The second kappa shape index (κ2) is 7.89. The van der Waals surface area contributed by atoms with E-state index in [0.717, 1.165) is 31.2 Å². The molecule has 0 spiro atoms. The molecule has 2 aliphatic rings. The van der Waals surface area contributed by atoms with Crippen LogP contribution in [-0.4, -0.2) is 39.9 Å². The van der Waals surface area contributed by atoms with Gasteiger partial charge >= 0.3 is 5.97 Å². The van der Waals surface area contributed by atoms with Gasteiger partial charge in [-0.3, -0.25) is 9.59 Å². The van der Waals surface area contributed by atoms with E-state index >= 15 is 0 Å². The molecule has 0 aromatic heterocycles. The maximum Gasteiger partial charge on any atom is 0.329 e. The summed E-state index contributed by atoms with van der Waals surface area (Å²) >= 11 is 0. The SMILES string of the molecule is O=C(NC1(C(=O)O)CCCCCC1)C1CC(=O)N(Cc2ccccc2)C1. The van der Waals surface area contributed by atoms with E-state index in [-0.39, 0.29) is 18.2 Å². The predicted octanol–water partition coefficient (Wildman–Crippen LogP) is 2.33. The summed E-state index contributed by atoms with van der Waals surface area (Å²) in [4.78, 5) is 38.5. The molecule has 3 rings (SSSR count). The van der Waals surface area contributed by atoms with Gasteiger partial charge in [0.1, 0.15) is 5.54 Å². The lowest BCUT2D eigenvalue weighted by molar-refractivity contribution is -0.149. The first-order valence-corrected chi connectivity index (χ1v) is 9.37. The largest absolute Gasteiger partial charge is 0.480 e. The first-order chi connectivity index (χ1) is 12.5. The highest BCUT2D eigenvalue weighted by atomic mass is 16.4. The lowest BCUT2D eigenvalue weighted by atomic mass is 9.89. The molecular formula is C20H26N2O4. The molecule has 1 saturated carbocycles. The number of rotatable bonds is 5. The highest BCUT2D eigenvalue weighted by Crippen LogP contribution is 2.29. The van der Waals surface area contributed by atoms with E-state index in [1.54, 1.807) is 4.90 Å². The second-order valence-corrected chi connectivity index (χ2v) is 7.45. The minimum Gasteiger partial charge on any atom is -0.480 e. The molecule has 0 radical (unpaired) electrons. The van der Waals surface area contributed by atoms with Gasteiger partial charge in [-0.1, -0.05) is 56.0 Å². The lowest BCUT2D eigenvalue weighted by Crippen LogP contribution is -2.55. The Bertz CT molecular complexity index is 666. The van der Waals surface area contributed by atoms with Crippen LogP contribution in [0.25, 0.3) is 0 Å². The molecule has 1 aliphatic heterocycles. The Morgan fingerprint density at radius 1 is 1.12 bits per heavy atom. The zero-order chi connectivity index (χ0) is 18.6. The fourth-order valence-corrected chi connectivity index (χ4v) is 3.97. The van der Waals surface area contributed by atoms with Crippen molar-refractivity contribution in [3.8, 4) is 0 Å². The van der Waals surface area contributed by atoms with E-state index in [2.05, 4.69) is 5.32 Å². The van der Waals surface area contributed by atoms with Crippen LogP contribution < -0.4 is 5.32 Å². The summed E-state index contributed by atoms with van der Waals surface area (Å²) in [7, 11) is 0. The molecule has 1 aromatic rings. The third kappa shape index (κ3) is 4.06. The number of carboxylic acid groups (broad SMARTS) is 1. The van der Waals surface area contributed by atoms with Crippen molar-refractivity contribution in [2.24, 2.45) is 5.92 Å². The van der Waals surface area contributed by atoms with E-state index < -0.39 is 17.4 Å². The number of carboxylic acids is 1. The quantitative estimate of drug-likeness (QED) is 0.791. The van der Waals surface area contributed by atoms with Gasteiger partial charge < -0.3 is 15.3 Å². The highest BCUT2D eigenvalue weighted by molar-refractivity contribution is 5.92. The van der Waals surface area contributed by atoms with Gasteiger partial charge in [-0.25, -0.2) is 4.79 Å². The van der Waals surface area contributed by atoms with Gasteiger partial charge in [-0.05, 0) is 18.4 Å². The lowest BCUT2D eigenvalue weighted by Gasteiger charge is -2.30. The molecule has 1 aliphatic carbocycles. The molecule has 2 N–H and O–H groups in total. The van der Waals surface area contributed by atoms with Crippen molar-refractivity contribution in [1.82, 2.24) is 10.2 Å². The van der Waals surface area contributed by atoms with Crippen molar-refractivity contribution in [3.63, 3.8) is 0 Å². The first-order valence-electron chi connectivity index (χ1n) is 9.37. The molecule has 1 atom stereocenters. The summed E-state index contributed by atoms with van der Waals surface area (Å²) < 4.78 is 0. The number of carbonyl (C=O) groups excluding carboxylic acids is 2. The summed E-state index contributed by atoms with van der Waals surface area (Å²) in [5.41, 5.74) is -0.156. The molecule has 6 nitrogen and oxygen atoms in total. The fourth-order valence-electron chi connectivity index (χ4n) is 3.97. The van der Waals surface area contributed by atoms with Gasteiger partial charge in [0.05, 0.1) is 5.92 Å². The van der Waals surface area contributed by atoms with Gasteiger partial charge in [0.2, 0.25) is 11.8 Å². The van der Waals surface area contributed by atoms with Gasteiger partial charge in [-0.15, -0.1) is 0 Å². The van der Waals surface area contributed by atoms with Crippen molar-refractivity contribution < 1.29 is 19.5 Å². The number of hydrogen-bond acceptors (Lipinski definition) is 3. The zero-order valence-electron chi connectivity index (χ0n) is 14.9. The number of hydrogen-bond donors (Lipinski definition) is 2. The standard InChI is InChI=1S/C20H26N2O4/c23-17-12-16(14-22(17)13-15-8-4-3-5-9-15)18(24)21-20(19(25)26)10-6-1-2-7-11-20/h3-5,8-9,16H,1-2,6-7,10-14H2,(H,21,24)(H,25,26). The smallest absolute Gasteiger partial charge is 0.329 e. The van der Waals surface area contributed by atoms with Crippen LogP contribution in [0.3, 0.4) is 0 Å². The van der Waals surface area contributed by atoms with Crippen molar-refractivity contribution in [2.75, 3.05) is 6.54 Å². The molecule has 1 heterocycles. The van der Waals surface area contributed by atoms with Crippen LogP contribution in [0.5, 0.6) is 0 Å². The number of nitrogens with zero attached hydrogens (tertiary/aromatic N) is 1. The number of aliphatic carboxylic acids is 1. The number of amides is 2. The average Bonchev–Trinajstić information content (AvgIpc) is 2.83. The molecule has 6 heteroatoms. The van der Waals surface area contributed by atoms with Gasteiger partial charge in [0.15, 0.2) is 0 Å². The minimum atomic E-state index is -1.18. The molecule has 1 unspecified atom stereocenters. The minimum absolute atomic E-state index is 0.0563. The Balaban J connectivity index is 1.64. The fraction of sp³-hybridized carbons (Fsp3) is 0.550. The monoisotopic (exact) mass is 358 g/mol. The van der Waals surface area contributed by atoms with Crippen LogP contribution >= 0.6 is 0 Å². The molecule has 0 bridgehead atoms. The molecule has 140 valence electrons. The molecule has 1 aromatic carbocycles. The van der Waals surface area contributed by atoms with E-state index in [1.807, 2.05) is 30.3 Å². The van der Waals surface area contributed by atoms with Crippen LogP contribution in [0, 0.1) is 5.92 Å². The van der Waals surface area contributed by atoms with Gasteiger partial charge in [0.25, 0.3) is 0 Å². The van der Waals surface area contributed by atoms with Gasteiger partial charge in [-0.2, -0.15) is 0 Å². The van der Waals surface area contributed by atoms with Crippen LogP contribution in [0.2, 0.25) is 0 Å². The van der Waals surface area contributed by atoms with Crippen LogP contribution in [0.4, 0.5) is 0 Å². The van der Waals surface area contributed by atoms with Gasteiger partial charge in [0, 0.05) is 19.5 Å². The van der Waals surface area contributed by atoms with E-state index in [4.69, 9.17) is 0 Å². The maximum absolute atomic E-state index is 12.7. The summed E-state index contributed by atoms with van der Waals surface area (Å²) in [6.45, 7) is 0.822. The van der Waals surface area contributed by atoms with E-state index in [1.165, 1.54) is 0 Å². The van der Waals surface area contributed by atoms with Crippen LogP contribution in [0.1, 0.15) is 50.5 Å². The van der Waals surface area contributed by atoms with Crippen LogP contribution in [-0.2, 0) is 20.9 Å². The Kier molecular flexibility index (Phi) is 5.59. The summed E-state index contributed by atoms with van der Waals surface area (Å²) in [6, 6.07) is 9.66. The third-order valence-electron chi connectivity index (χ3n) is 5.53. The molecule has 2 amide bonds. The Hall–Kier alpha value is -2.37. The Morgan fingerprint density at radius 3 is 2.38 bits per heavy atom. The number of benzene rings is 1. The number of likely N-dealkylation sites (tertiary alicyclic amines) is 1. The predicted molar refractivity (Wildman–Crippen MR) is 96.2 cm³/mol. The van der Waals surface area contributed by atoms with E-state index in [0.29, 0.717) is 25.9 Å². The first kappa shape index (κ1) is 18.4. The van der Waals surface area contributed by atoms with Crippen molar-refractivity contribution in [3.05, 3.63) is 35.9 Å². The molecule has 26 heavy (non-hydrogen) atoms. The zero-order valence-corrected chi connectivity index (χ0v) is 14.9. The number of nitrogens with one attached hydrogen (secondary N) is 1. The Labute approximate surface area is 153 Å². The topological polar surface area (TPSA) is 86.7 Å². The molecular weight excluding hydrogens is 332 g/mol. The third-order valence-corrected chi connectivity index (χ3v) is 5.53. The second-order valence-electron chi connectivity index (χ2n) is 7.45. The normalized spacial score (nSPS) is 22.7. The van der Waals surface area contributed by atoms with Crippen LogP contribution in [0.15, 0.2) is 30.3 Å². The summed E-state index contributed by atoms with van der Waals surface area (Å²) in [5.74, 6) is -1.80.